The van der Waals surface area contributed by atoms with Crippen LogP contribution < -0.4 is 0 Å². The maximum absolute atomic E-state index is 10.7. The summed E-state index contributed by atoms with van der Waals surface area (Å²) in [5.74, 6) is -1.63. The van der Waals surface area contributed by atoms with Crippen LogP contribution in [-0.2, 0) is 19.1 Å². The number of amides is 1. The lowest BCUT2D eigenvalue weighted by molar-refractivity contribution is -0.136. The van der Waals surface area contributed by atoms with Crippen LogP contribution in [0.25, 0.3) is 0 Å². The van der Waals surface area contributed by atoms with Gasteiger partial charge in [0, 0.05) is 25.1 Å². The SMILES string of the molecule is C=CN1CCCC1=O.COC(=O)/C=C\C(=O)O. The minimum Gasteiger partial charge on any atom is -0.478 e. The summed E-state index contributed by atoms with van der Waals surface area (Å²) in [6.45, 7) is 4.36. The van der Waals surface area contributed by atoms with Crippen LogP contribution in [0.15, 0.2) is 24.9 Å². The van der Waals surface area contributed by atoms with Gasteiger partial charge in [-0.3, -0.25) is 4.79 Å². The van der Waals surface area contributed by atoms with Crippen LogP contribution in [-0.4, -0.2) is 41.5 Å². The fourth-order valence-corrected chi connectivity index (χ4v) is 1.07. The lowest BCUT2D eigenvalue weighted by atomic mass is 10.4. The molecule has 0 aromatic carbocycles. The Kier molecular flexibility index (Phi) is 7.09. The van der Waals surface area contributed by atoms with Gasteiger partial charge in [-0.25, -0.2) is 9.59 Å². The van der Waals surface area contributed by atoms with E-state index in [1.807, 2.05) is 0 Å². The summed E-state index contributed by atoms with van der Waals surface area (Å²) < 4.78 is 4.11. The molecule has 1 aliphatic heterocycles. The predicted molar refractivity (Wildman–Crippen MR) is 59.9 cm³/mol. The van der Waals surface area contributed by atoms with Gasteiger partial charge in [-0.1, -0.05) is 6.58 Å². The summed E-state index contributed by atoms with van der Waals surface area (Å²) in [5.41, 5.74) is 0. The van der Waals surface area contributed by atoms with Gasteiger partial charge in [0.2, 0.25) is 5.91 Å². The fraction of sp³-hybridized carbons (Fsp3) is 0.364. The average molecular weight is 241 g/mol. The Morgan fingerprint density at radius 3 is 2.41 bits per heavy atom. The molecule has 0 aromatic rings. The molecule has 0 aromatic heterocycles. The number of methoxy groups -OCH3 is 1. The molecule has 94 valence electrons. The molecular formula is C11H15NO5. The van der Waals surface area contributed by atoms with Gasteiger partial charge in [0.1, 0.15) is 0 Å². The number of likely N-dealkylation sites (tertiary alicyclic amines) is 1. The van der Waals surface area contributed by atoms with Crippen molar-refractivity contribution in [1.82, 2.24) is 4.90 Å². The maximum atomic E-state index is 10.7. The van der Waals surface area contributed by atoms with Crippen LogP contribution in [0.5, 0.6) is 0 Å². The molecule has 0 radical (unpaired) electrons. The normalized spacial score (nSPS) is 14.2. The first kappa shape index (κ1) is 14.9. The Bertz CT molecular complexity index is 335. The second-order valence-corrected chi connectivity index (χ2v) is 3.07. The zero-order chi connectivity index (χ0) is 13.3. The van der Waals surface area contributed by atoms with Crippen LogP contribution in [0.2, 0.25) is 0 Å². The number of rotatable bonds is 3. The van der Waals surface area contributed by atoms with E-state index in [0.717, 1.165) is 19.0 Å². The van der Waals surface area contributed by atoms with E-state index in [9.17, 15) is 14.4 Å². The number of carbonyl (C=O) groups excluding carboxylic acids is 2. The number of aliphatic carboxylic acids is 1. The number of hydrogen-bond acceptors (Lipinski definition) is 4. The summed E-state index contributed by atoms with van der Waals surface area (Å²) in [6.07, 6.45) is 4.83. The molecule has 0 spiro atoms. The predicted octanol–water partition coefficient (Wildman–Crippen LogP) is 0.552. The van der Waals surface area contributed by atoms with Crippen molar-refractivity contribution in [2.45, 2.75) is 12.8 Å². The highest BCUT2D eigenvalue weighted by atomic mass is 16.5. The van der Waals surface area contributed by atoms with Crippen molar-refractivity contribution >= 4 is 17.8 Å². The van der Waals surface area contributed by atoms with Crippen molar-refractivity contribution in [2.75, 3.05) is 13.7 Å². The van der Waals surface area contributed by atoms with E-state index in [4.69, 9.17) is 5.11 Å². The molecule has 0 bridgehead atoms. The van der Waals surface area contributed by atoms with E-state index in [1.165, 1.54) is 7.11 Å². The first-order chi connectivity index (χ1) is 8.01. The quantitative estimate of drug-likeness (QED) is 0.576. The van der Waals surface area contributed by atoms with Gasteiger partial charge in [0.05, 0.1) is 7.11 Å². The minimum atomic E-state index is -1.17. The Labute approximate surface area is 99.2 Å². The Morgan fingerprint density at radius 2 is 2.12 bits per heavy atom. The van der Waals surface area contributed by atoms with Crippen LogP contribution >= 0.6 is 0 Å². The monoisotopic (exact) mass is 241 g/mol. The molecule has 1 amide bonds. The van der Waals surface area contributed by atoms with E-state index < -0.39 is 11.9 Å². The smallest absolute Gasteiger partial charge is 0.330 e. The topological polar surface area (TPSA) is 83.9 Å². The molecule has 0 unspecified atom stereocenters. The summed E-state index contributed by atoms with van der Waals surface area (Å²) in [6, 6.07) is 0. The summed E-state index contributed by atoms with van der Waals surface area (Å²) >= 11 is 0. The molecule has 0 aliphatic carbocycles. The molecule has 0 saturated carbocycles. The third-order valence-electron chi connectivity index (χ3n) is 1.89. The van der Waals surface area contributed by atoms with Crippen molar-refractivity contribution in [2.24, 2.45) is 0 Å². The van der Waals surface area contributed by atoms with Gasteiger partial charge in [-0.15, -0.1) is 0 Å². The lowest BCUT2D eigenvalue weighted by Gasteiger charge is -2.05. The van der Waals surface area contributed by atoms with Crippen molar-refractivity contribution < 1.29 is 24.2 Å². The molecule has 6 heteroatoms. The molecule has 6 nitrogen and oxygen atoms in total. The van der Waals surface area contributed by atoms with Gasteiger partial charge >= 0.3 is 11.9 Å². The molecule has 17 heavy (non-hydrogen) atoms. The Morgan fingerprint density at radius 1 is 1.47 bits per heavy atom. The summed E-state index contributed by atoms with van der Waals surface area (Å²) in [5, 5.41) is 7.96. The van der Waals surface area contributed by atoms with Gasteiger partial charge in [-0.05, 0) is 12.6 Å². The third-order valence-corrected chi connectivity index (χ3v) is 1.89. The van der Waals surface area contributed by atoms with E-state index in [0.29, 0.717) is 12.5 Å². The maximum Gasteiger partial charge on any atom is 0.330 e. The van der Waals surface area contributed by atoms with E-state index in [1.54, 1.807) is 11.1 Å². The van der Waals surface area contributed by atoms with Crippen LogP contribution in [0, 0.1) is 0 Å². The standard InChI is InChI=1S/C6H9NO.C5H6O4/c1-2-7-5-3-4-6(7)8;1-9-5(8)3-2-4(6)7/h2H,1,3-5H2;2-3H,1H3,(H,6,7)/b;3-2-. The molecule has 1 aliphatic rings. The van der Waals surface area contributed by atoms with E-state index >= 15 is 0 Å². The Balaban J connectivity index is 0.000000302. The fourth-order valence-electron chi connectivity index (χ4n) is 1.07. The van der Waals surface area contributed by atoms with Gasteiger partial charge in [-0.2, -0.15) is 0 Å². The Hall–Kier alpha value is -2.11. The van der Waals surface area contributed by atoms with Crippen LogP contribution in [0.4, 0.5) is 0 Å². The molecular weight excluding hydrogens is 226 g/mol. The molecule has 1 fully saturated rings. The molecule has 1 N–H and O–H groups in total. The molecule has 0 atom stereocenters. The third kappa shape index (κ3) is 6.88. The van der Waals surface area contributed by atoms with Crippen molar-refractivity contribution in [3.63, 3.8) is 0 Å². The van der Waals surface area contributed by atoms with Gasteiger partial charge in [0.25, 0.3) is 0 Å². The number of hydrogen-bond donors (Lipinski definition) is 1. The molecule has 1 saturated heterocycles. The average Bonchev–Trinajstić information content (AvgIpc) is 2.72. The highest BCUT2D eigenvalue weighted by Crippen LogP contribution is 2.08. The van der Waals surface area contributed by atoms with Crippen LogP contribution in [0.3, 0.4) is 0 Å². The van der Waals surface area contributed by atoms with Gasteiger partial charge in [0.15, 0.2) is 0 Å². The molecule has 1 rings (SSSR count). The zero-order valence-corrected chi connectivity index (χ0v) is 9.59. The van der Waals surface area contributed by atoms with E-state index in [-0.39, 0.29) is 5.91 Å². The first-order valence-corrected chi connectivity index (χ1v) is 4.92. The summed E-state index contributed by atoms with van der Waals surface area (Å²) in [4.78, 5) is 32.2. The minimum absolute atomic E-state index is 0.208. The van der Waals surface area contributed by atoms with Crippen molar-refractivity contribution in [3.05, 3.63) is 24.9 Å². The number of carbonyl (C=O) groups is 3. The largest absolute Gasteiger partial charge is 0.478 e. The number of ether oxygens (including phenoxy) is 1. The zero-order valence-electron chi connectivity index (χ0n) is 9.59. The summed E-state index contributed by atoms with van der Waals surface area (Å²) in [7, 11) is 1.18. The second kappa shape index (κ2) is 8.09. The molecule has 1 heterocycles. The van der Waals surface area contributed by atoms with Crippen molar-refractivity contribution in [3.8, 4) is 0 Å². The van der Waals surface area contributed by atoms with Crippen LogP contribution in [0.1, 0.15) is 12.8 Å². The first-order valence-electron chi connectivity index (χ1n) is 4.92. The van der Waals surface area contributed by atoms with Gasteiger partial charge < -0.3 is 14.7 Å². The van der Waals surface area contributed by atoms with E-state index in [2.05, 4.69) is 11.3 Å². The number of esters is 1. The number of carboxylic acid groups (broad SMARTS) is 1. The second-order valence-electron chi connectivity index (χ2n) is 3.07. The number of carboxylic acids is 1. The highest BCUT2D eigenvalue weighted by Gasteiger charge is 2.15. The van der Waals surface area contributed by atoms with Crippen molar-refractivity contribution in [1.29, 1.82) is 0 Å². The highest BCUT2D eigenvalue weighted by molar-refractivity contribution is 5.90. The number of nitrogens with zero attached hydrogens (tertiary/aromatic N) is 1. The lowest BCUT2D eigenvalue weighted by Crippen LogP contribution is -2.16.